The summed E-state index contributed by atoms with van der Waals surface area (Å²) in [4.78, 5) is 10.4. The Labute approximate surface area is 77.3 Å². The van der Waals surface area contributed by atoms with Gasteiger partial charge in [-0.25, -0.2) is 4.39 Å². The van der Waals surface area contributed by atoms with Crippen LogP contribution in [0.5, 0.6) is 0 Å². The van der Waals surface area contributed by atoms with Crippen LogP contribution in [0.1, 0.15) is 26.2 Å². The number of carboxylic acid groups (broad SMARTS) is 1. The largest absolute Gasteiger partial charge is 0.481 e. The lowest BCUT2D eigenvalue weighted by molar-refractivity contribution is -0.141. The first kappa shape index (κ1) is 10.4. The highest BCUT2D eigenvalue weighted by Crippen LogP contribution is 2.30. The van der Waals surface area contributed by atoms with Crippen molar-refractivity contribution in [2.24, 2.45) is 5.92 Å². The number of hydrogen-bond donors (Lipinski definition) is 2. The molecule has 1 saturated heterocycles. The van der Waals surface area contributed by atoms with Gasteiger partial charge in [0.05, 0.1) is 6.42 Å². The van der Waals surface area contributed by atoms with E-state index < -0.39 is 11.6 Å². The molecular formula is C9H16FNO2. The lowest BCUT2D eigenvalue weighted by atomic mass is 9.83. The van der Waals surface area contributed by atoms with Crippen molar-refractivity contribution in [1.29, 1.82) is 0 Å². The molecule has 0 aromatic rings. The van der Waals surface area contributed by atoms with E-state index in [0.717, 1.165) is 19.4 Å². The molecule has 1 fully saturated rings. The molecule has 0 amide bonds. The fraction of sp³-hybridized carbons (Fsp3) is 0.889. The fourth-order valence-corrected chi connectivity index (χ4v) is 1.81. The maximum Gasteiger partial charge on any atom is 0.306 e. The molecule has 2 N–H and O–H groups in total. The van der Waals surface area contributed by atoms with Crippen LogP contribution in [0, 0.1) is 5.92 Å². The van der Waals surface area contributed by atoms with Crippen LogP contribution in [0.25, 0.3) is 0 Å². The Kier molecular flexibility index (Phi) is 3.25. The lowest BCUT2D eigenvalue weighted by Gasteiger charge is -2.32. The third kappa shape index (κ3) is 2.95. The Morgan fingerprint density at radius 3 is 2.92 bits per heavy atom. The van der Waals surface area contributed by atoms with E-state index in [0.29, 0.717) is 6.54 Å². The minimum atomic E-state index is -1.57. The van der Waals surface area contributed by atoms with Crippen molar-refractivity contribution >= 4 is 5.97 Å². The molecule has 0 aromatic heterocycles. The molecule has 2 atom stereocenters. The van der Waals surface area contributed by atoms with Crippen molar-refractivity contribution in [3.63, 3.8) is 0 Å². The van der Waals surface area contributed by atoms with Gasteiger partial charge in [-0.2, -0.15) is 0 Å². The van der Waals surface area contributed by atoms with Gasteiger partial charge in [-0.15, -0.1) is 0 Å². The van der Waals surface area contributed by atoms with Crippen LogP contribution < -0.4 is 5.32 Å². The van der Waals surface area contributed by atoms with Crippen LogP contribution in [0.2, 0.25) is 0 Å². The second kappa shape index (κ2) is 4.05. The molecule has 3 nitrogen and oxygen atoms in total. The number of halogens is 1. The summed E-state index contributed by atoms with van der Waals surface area (Å²) in [5.74, 6) is -1.21. The molecular weight excluding hydrogens is 173 g/mol. The van der Waals surface area contributed by atoms with Gasteiger partial charge in [-0.1, -0.05) is 0 Å². The molecule has 1 aliphatic heterocycles. The zero-order chi connectivity index (χ0) is 9.90. The lowest BCUT2D eigenvalue weighted by Crippen LogP contribution is -2.42. The van der Waals surface area contributed by atoms with Gasteiger partial charge in [0.15, 0.2) is 0 Å². The molecule has 4 heteroatoms. The zero-order valence-corrected chi connectivity index (χ0v) is 7.85. The fourth-order valence-electron chi connectivity index (χ4n) is 1.81. The summed E-state index contributed by atoms with van der Waals surface area (Å²) < 4.78 is 13.8. The number of aliphatic carboxylic acids is 1. The average Bonchev–Trinajstić information content (AvgIpc) is 2.04. The molecule has 0 spiro atoms. The number of alkyl halides is 1. The summed E-state index contributed by atoms with van der Waals surface area (Å²) >= 11 is 0. The Bertz CT molecular complexity index is 188. The van der Waals surface area contributed by atoms with E-state index in [4.69, 9.17) is 5.11 Å². The van der Waals surface area contributed by atoms with Crippen molar-refractivity contribution < 1.29 is 14.3 Å². The van der Waals surface area contributed by atoms with Crippen molar-refractivity contribution in [2.45, 2.75) is 31.9 Å². The van der Waals surface area contributed by atoms with E-state index in [1.807, 2.05) is 0 Å². The highest BCUT2D eigenvalue weighted by atomic mass is 19.1. The molecule has 0 aliphatic carbocycles. The Morgan fingerprint density at radius 2 is 2.46 bits per heavy atom. The molecule has 0 radical (unpaired) electrons. The van der Waals surface area contributed by atoms with E-state index in [-0.39, 0.29) is 12.3 Å². The van der Waals surface area contributed by atoms with Gasteiger partial charge in [0.1, 0.15) is 5.67 Å². The summed E-state index contributed by atoms with van der Waals surface area (Å²) in [6.45, 7) is 2.90. The normalized spacial score (nSPS) is 28.0. The molecule has 13 heavy (non-hydrogen) atoms. The van der Waals surface area contributed by atoms with Gasteiger partial charge in [0.2, 0.25) is 0 Å². The van der Waals surface area contributed by atoms with Crippen LogP contribution in [-0.4, -0.2) is 29.8 Å². The summed E-state index contributed by atoms with van der Waals surface area (Å²) in [6.07, 6.45) is 1.33. The Balaban J connectivity index is 2.50. The highest BCUT2D eigenvalue weighted by Gasteiger charge is 2.36. The first-order valence-corrected chi connectivity index (χ1v) is 4.64. The van der Waals surface area contributed by atoms with E-state index >= 15 is 0 Å². The van der Waals surface area contributed by atoms with Crippen LogP contribution in [0.15, 0.2) is 0 Å². The standard InChI is InChI=1S/C9H16FNO2/c1-9(10,5-8(12)13)7-3-2-4-11-6-7/h7,11H,2-6H2,1H3,(H,12,13). The smallest absolute Gasteiger partial charge is 0.306 e. The van der Waals surface area contributed by atoms with Gasteiger partial charge >= 0.3 is 5.97 Å². The summed E-state index contributed by atoms with van der Waals surface area (Å²) in [7, 11) is 0. The first-order chi connectivity index (χ1) is 6.02. The van der Waals surface area contributed by atoms with Gasteiger partial charge in [-0.05, 0) is 26.3 Å². The first-order valence-electron chi connectivity index (χ1n) is 4.64. The van der Waals surface area contributed by atoms with E-state index in [1.165, 1.54) is 6.92 Å². The van der Waals surface area contributed by atoms with E-state index in [1.54, 1.807) is 0 Å². The summed E-state index contributed by atoms with van der Waals surface area (Å²) in [5, 5.41) is 11.6. The second-order valence-electron chi connectivity index (χ2n) is 3.89. The third-order valence-corrected chi connectivity index (χ3v) is 2.64. The molecule has 1 rings (SSSR count). The van der Waals surface area contributed by atoms with Gasteiger partial charge in [0.25, 0.3) is 0 Å². The average molecular weight is 189 g/mol. The van der Waals surface area contributed by atoms with Crippen LogP contribution in [-0.2, 0) is 4.79 Å². The number of piperidine rings is 1. The molecule has 0 bridgehead atoms. The van der Waals surface area contributed by atoms with Crippen molar-refractivity contribution in [1.82, 2.24) is 5.32 Å². The monoisotopic (exact) mass is 189 g/mol. The quantitative estimate of drug-likeness (QED) is 0.701. The number of rotatable bonds is 3. The minimum absolute atomic E-state index is 0.155. The molecule has 76 valence electrons. The summed E-state index contributed by atoms with van der Waals surface area (Å²) in [6, 6.07) is 0. The van der Waals surface area contributed by atoms with Crippen molar-refractivity contribution in [2.75, 3.05) is 13.1 Å². The number of nitrogens with one attached hydrogen (secondary N) is 1. The Morgan fingerprint density at radius 1 is 1.77 bits per heavy atom. The zero-order valence-electron chi connectivity index (χ0n) is 7.85. The van der Waals surface area contributed by atoms with Crippen molar-refractivity contribution in [3.05, 3.63) is 0 Å². The van der Waals surface area contributed by atoms with Crippen molar-refractivity contribution in [3.8, 4) is 0 Å². The second-order valence-corrected chi connectivity index (χ2v) is 3.89. The van der Waals surface area contributed by atoms with E-state index in [2.05, 4.69) is 5.32 Å². The van der Waals surface area contributed by atoms with Gasteiger partial charge < -0.3 is 10.4 Å². The molecule has 0 saturated carbocycles. The SMILES string of the molecule is CC(F)(CC(=O)O)C1CCCNC1. The molecule has 1 heterocycles. The van der Waals surface area contributed by atoms with Crippen LogP contribution in [0.4, 0.5) is 4.39 Å². The van der Waals surface area contributed by atoms with E-state index in [9.17, 15) is 9.18 Å². The maximum atomic E-state index is 13.8. The van der Waals surface area contributed by atoms with Gasteiger partial charge in [-0.3, -0.25) is 4.79 Å². The maximum absolute atomic E-state index is 13.8. The molecule has 0 aromatic carbocycles. The van der Waals surface area contributed by atoms with Crippen LogP contribution >= 0.6 is 0 Å². The number of carboxylic acids is 1. The summed E-state index contributed by atoms with van der Waals surface area (Å²) in [5.41, 5.74) is -1.57. The van der Waals surface area contributed by atoms with Gasteiger partial charge in [0, 0.05) is 12.5 Å². The predicted octanol–water partition coefficient (Wildman–Crippen LogP) is 1.19. The minimum Gasteiger partial charge on any atom is -0.481 e. The third-order valence-electron chi connectivity index (χ3n) is 2.64. The molecule has 2 unspecified atom stereocenters. The molecule has 1 aliphatic rings. The highest BCUT2D eigenvalue weighted by molar-refractivity contribution is 5.68. The van der Waals surface area contributed by atoms with Crippen LogP contribution in [0.3, 0.4) is 0 Å². The topological polar surface area (TPSA) is 49.3 Å². The number of carbonyl (C=O) groups is 1. The Hall–Kier alpha value is -0.640. The predicted molar refractivity (Wildman–Crippen MR) is 47.4 cm³/mol. The number of hydrogen-bond acceptors (Lipinski definition) is 2.